The predicted molar refractivity (Wildman–Crippen MR) is 94.0 cm³/mol. The molecule has 0 radical (unpaired) electrons. The molecule has 0 amide bonds. The molecule has 2 aromatic carbocycles. The smallest absolute Gasteiger partial charge is 0.207 e. The molecule has 0 atom stereocenters. The van der Waals surface area contributed by atoms with Crippen LogP contribution in [-0.4, -0.2) is 15.0 Å². The molecule has 0 heterocycles. The van der Waals surface area contributed by atoms with Gasteiger partial charge in [0.05, 0.1) is 17.0 Å². The Morgan fingerprint density at radius 3 is 2.31 bits per heavy atom. The molecule has 138 valence electrons. The number of alkyl halides is 3. The maximum Gasteiger partial charge on any atom is 0.416 e. The molecule has 2 aromatic rings. The molecule has 0 aliphatic rings. The van der Waals surface area contributed by atoms with Crippen LogP contribution in [0.15, 0.2) is 53.4 Å². The van der Waals surface area contributed by atoms with E-state index >= 15 is 0 Å². The minimum Gasteiger partial charge on any atom is -0.207 e. The molecule has 0 saturated heterocycles. The predicted octanol–water partition coefficient (Wildman–Crippen LogP) is 4.16. The maximum absolute atomic E-state index is 12.6. The van der Waals surface area contributed by atoms with Crippen molar-refractivity contribution in [2.45, 2.75) is 30.8 Å². The summed E-state index contributed by atoms with van der Waals surface area (Å²) in [5, 5.41) is 0. The van der Waals surface area contributed by atoms with Gasteiger partial charge in [-0.25, -0.2) is 8.42 Å². The van der Waals surface area contributed by atoms with Crippen LogP contribution < -0.4 is 4.72 Å². The van der Waals surface area contributed by atoms with Crippen molar-refractivity contribution < 1.29 is 21.6 Å². The van der Waals surface area contributed by atoms with E-state index in [-0.39, 0.29) is 22.9 Å². The van der Waals surface area contributed by atoms with Crippen LogP contribution in [0.25, 0.3) is 0 Å². The van der Waals surface area contributed by atoms with E-state index in [0.29, 0.717) is 0 Å². The Kier molecular flexibility index (Phi) is 6.11. The molecule has 0 aliphatic heterocycles. The Bertz CT molecular complexity index is 922. The van der Waals surface area contributed by atoms with Gasteiger partial charge in [0.2, 0.25) is 10.0 Å². The molecule has 0 bridgehead atoms. The fraction of sp³-hybridized carbons (Fsp3) is 0.263. The summed E-state index contributed by atoms with van der Waals surface area (Å²) in [6.07, 6.45) is -4.44. The number of nitrogens with one attached hydrogen (secondary N) is 1. The van der Waals surface area contributed by atoms with Gasteiger partial charge in [-0.05, 0) is 41.8 Å². The molecule has 0 aliphatic carbocycles. The number of rotatable bonds is 4. The van der Waals surface area contributed by atoms with Crippen molar-refractivity contribution in [1.82, 2.24) is 4.72 Å². The van der Waals surface area contributed by atoms with Crippen LogP contribution in [0.5, 0.6) is 0 Å². The summed E-state index contributed by atoms with van der Waals surface area (Å²) in [5.41, 5.74) is 0.392. The van der Waals surface area contributed by atoms with Crippen molar-refractivity contribution in [3.05, 3.63) is 65.2 Å². The first-order chi connectivity index (χ1) is 12.1. The van der Waals surface area contributed by atoms with Gasteiger partial charge in [0.15, 0.2) is 0 Å². The molecule has 0 unspecified atom stereocenters. The number of hydrogen-bond acceptors (Lipinski definition) is 2. The van der Waals surface area contributed by atoms with Gasteiger partial charge in [-0.1, -0.05) is 43.9 Å². The van der Waals surface area contributed by atoms with Gasteiger partial charge in [-0.15, -0.1) is 0 Å². The van der Waals surface area contributed by atoms with Crippen molar-refractivity contribution >= 4 is 10.0 Å². The van der Waals surface area contributed by atoms with Gasteiger partial charge in [-0.2, -0.15) is 17.9 Å². The third-order valence-corrected chi connectivity index (χ3v) is 5.05. The Morgan fingerprint density at radius 1 is 1.08 bits per heavy atom. The molecule has 7 heteroatoms. The van der Waals surface area contributed by atoms with Gasteiger partial charge in [-0.3, -0.25) is 0 Å². The van der Waals surface area contributed by atoms with E-state index < -0.39 is 21.8 Å². The maximum atomic E-state index is 12.6. The lowest BCUT2D eigenvalue weighted by Crippen LogP contribution is -2.24. The quantitative estimate of drug-likeness (QED) is 0.809. The Morgan fingerprint density at radius 2 is 1.73 bits per heavy atom. The van der Waals surface area contributed by atoms with Crippen molar-refractivity contribution in [2.75, 3.05) is 6.54 Å². The number of benzene rings is 2. The lowest BCUT2D eigenvalue weighted by atomic mass is 10.0. The van der Waals surface area contributed by atoms with E-state index in [2.05, 4.69) is 16.6 Å². The van der Waals surface area contributed by atoms with E-state index in [4.69, 9.17) is 0 Å². The molecular weight excluding hydrogens is 363 g/mol. The molecule has 0 saturated carbocycles. The molecular formula is C19H18F3NO2S. The summed E-state index contributed by atoms with van der Waals surface area (Å²) >= 11 is 0. The largest absolute Gasteiger partial charge is 0.416 e. The molecule has 0 spiro atoms. The second kappa shape index (κ2) is 7.94. The van der Waals surface area contributed by atoms with Gasteiger partial charge in [0, 0.05) is 5.56 Å². The van der Waals surface area contributed by atoms with E-state index in [1.165, 1.54) is 24.3 Å². The Hall–Kier alpha value is -2.30. The highest BCUT2D eigenvalue weighted by atomic mass is 32.2. The van der Waals surface area contributed by atoms with Crippen molar-refractivity contribution in [2.24, 2.45) is 0 Å². The van der Waals surface area contributed by atoms with Crippen LogP contribution in [0, 0.1) is 11.8 Å². The lowest BCUT2D eigenvalue weighted by molar-refractivity contribution is -0.137. The Balaban J connectivity index is 2.04. The van der Waals surface area contributed by atoms with Crippen LogP contribution in [0.1, 0.15) is 36.5 Å². The molecule has 26 heavy (non-hydrogen) atoms. The number of halogens is 3. The zero-order valence-electron chi connectivity index (χ0n) is 14.3. The van der Waals surface area contributed by atoms with Crippen LogP contribution in [-0.2, 0) is 16.2 Å². The topological polar surface area (TPSA) is 46.2 Å². The van der Waals surface area contributed by atoms with Gasteiger partial charge in [0.25, 0.3) is 0 Å². The van der Waals surface area contributed by atoms with Crippen LogP contribution >= 0.6 is 0 Å². The summed E-state index contributed by atoms with van der Waals surface area (Å²) in [6.45, 7) is 3.81. The third-order valence-electron chi connectivity index (χ3n) is 3.63. The average molecular weight is 381 g/mol. The SMILES string of the molecule is CC(C)c1ccc(S(=O)(=O)NCC#Cc2cccc(C(F)(F)F)c2)cc1. The molecule has 3 nitrogen and oxygen atoms in total. The van der Waals surface area contributed by atoms with Crippen molar-refractivity contribution in [1.29, 1.82) is 0 Å². The van der Waals surface area contributed by atoms with Gasteiger partial charge >= 0.3 is 6.18 Å². The highest BCUT2D eigenvalue weighted by Gasteiger charge is 2.30. The molecule has 1 N–H and O–H groups in total. The summed E-state index contributed by atoms with van der Waals surface area (Å²) < 4.78 is 64.6. The van der Waals surface area contributed by atoms with E-state index in [9.17, 15) is 21.6 Å². The monoisotopic (exact) mass is 381 g/mol. The molecule has 0 aromatic heterocycles. The second-order valence-corrected chi connectivity index (χ2v) is 7.70. The average Bonchev–Trinajstić information content (AvgIpc) is 2.58. The minimum absolute atomic E-state index is 0.114. The first kappa shape index (κ1) is 20.0. The standard InChI is InChI=1S/C19H18F3NO2S/c1-14(2)16-8-10-18(11-9-16)26(24,25)23-12-4-6-15-5-3-7-17(13-15)19(20,21)22/h3,5,7-11,13-14,23H,12H2,1-2H3. The summed E-state index contributed by atoms with van der Waals surface area (Å²) in [7, 11) is -3.72. The normalized spacial score (nSPS) is 11.9. The summed E-state index contributed by atoms with van der Waals surface area (Å²) in [6, 6.07) is 11.1. The van der Waals surface area contributed by atoms with Gasteiger partial charge in [0.1, 0.15) is 0 Å². The fourth-order valence-corrected chi connectivity index (χ4v) is 3.09. The molecule has 0 fully saturated rings. The van der Waals surface area contributed by atoms with Crippen LogP contribution in [0.4, 0.5) is 13.2 Å². The number of hydrogen-bond donors (Lipinski definition) is 1. The summed E-state index contributed by atoms with van der Waals surface area (Å²) in [4.78, 5) is 0.114. The highest BCUT2D eigenvalue weighted by molar-refractivity contribution is 7.89. The van der Waals surface area contributed by atoms with Crippen LogP contribution in [0.3, 0.4) is 0 Å². The molecule has 2 rings (SSSR count). The third kappa shape index (κ3) is 5.35. The zero-order valence-corrected chi connectivity index (χ0v) is 15.1. The zero-order chi connectivity index (χ0) is 19.4. The van der Waals surface area contributed by atoms with E-state index in [0.717, 1.165) is 17.7 Å². The lowest BCUT2D eigenvalue weighted by Gasteiger charge is -2.07. The van der Waals surface area contributed by atoms with Crippen LogP contribution in [0.2, 0.25) is 0 Å². The van der Waals surface area contributed by atoms with E-state index in [1.807, 2.05) is 13.8 Å². The Labute approximate surface area is 151 Å². The number of sulfonamides is 1. The minimum atomic E-state index is -4.44. The second-order valence-electron chi connectivity index (χ2n) is 5.93. The van der Waals surface area contributed by atoms with Crippen molar-refractivity contribution in [3.8, 4) is 11.8 Å². The van der Waals surface area contributed by atoms with Gasteiger partial charge < -0.3 is 0 Å². The summed E-state index contributed by atoms with van der Waals surface area (Å²) in [5.74, 6) is 5.35. The first-order valence-corrected chi connectivity index (χ1v) is 9.33. The first-order valence-electron chi connectivity index (χ1n) is 7.85. The fourth-order valence-electron chi connectivity index (χ4n) is 2.17. The van der Waals surface area contributed by atoms with Crippen molar-refractivity contribution in [3.63, 3.8) is 0 Å². The highest BCUT2D eigenvalue weighted by Crippen LogP contribution is 2.29. The van der Waals surface area contributed by atoms with E-state index in [1.54, 1.807) is 12.1 Å².